The summed E-state index contributed by atoms with van der Waals surface area (Å²) < 4.78 is 4.36. The second-order valence-corrected chi connectivity index (χ2v) is 6.96. The summed E-state index contributed by atoms with van der Waals surface area (Å²) in [5, 5.41) is 16.9. The van der Waals surface area contributed by atoms with E-state index in [0.717, 1.165) is 11.3 Å². The number of aromatic nitrogens is 5. The van der Waals surface area contributed by atoms with Crippen molar-refractivity contribution in [1.82, 2.24) is 24.6 Å². The highest BCUT2D eigenvalue weighted by Gasteiger charge is 2.19. The minimum atomic E-state index is -0.264. The molecular weight excluding hydrogens is 324 g/mol. The van der Waals surface area contributed by atoms with Gasteiger partial charge in [0.2, 0.25) is 5.91 Å². The molecule has 3 rings (SSSR count). The van der Waals surface area contributed by atoms with Gasteiger partial charge in [0.25, 0.3) is 0 Å². The van der Waals surface area contributed by atoms with E-state index in [1.165, 1.54) is 16.3 Å². The van der Waals surface area contributed by atoms with E-state index in [-0.39, 0.29) is 17.9 Å². The lowest BCUT2D eigenvalue weighted by Crippen LogP contribution is -2.25. The van der Waals surface area contributed by atoms with Crippen LogP contribution in [0, 0.1) is 0 Å². The molecule has 7 nitrogen and oxygen atoms in total. The molecule has 0 atom stereocenters. The highest BCUT2D eigenvalue weighted by atomic mass is 32.1. The van der Waals surface area contributed by atoms with Crippen LogP contribution < -0.4 is 5.32 Å². The molecule has 0 fully saturated rings. The molecule has 0 radical (unpaired) electrons. The number of rotatable bonds is 4. The predicted octanol–water partition coefficient (Wildman–Crippen LogP) is 2.73. The molecule has 0 saturated heterocycles. The van der Waals surface area contributed by atoms with E-state index in [9.17, 15) is 4.79 Å². The number of amides is 1. The van der Waals surface area contributed by atoms with Gasteiger partial charge < -0.3 is 5.32 Å². The minimum Gasteiger partial charge on any atom is -0.323 e. The standard InChI is InChI=1S/C16H18N6OS/c1-16(2,3)22-19-13(18-21-22)9-14(23)17-12-10-24-20-15(12)11-7-5-4-6-8-11/h4-8,10H,9H2,1-3H3,(H,17,23). The van der Waals surface area contributed by atoms with E-state index in [2.05, 4.69) is 25.1 Å². The Morgan fingerprint density at radius 3 is 2.67 bits per heavy atom. The van der Waals surface area contributed by atoms with Crippen molar-refractivity contribution in [2.24, 2.45) is 0 Å². The van der Waals surface area contributed by atoms with E-state index < -0.39 is 0 Å². The summed E-state index contributed by atoms with van der Waals surface area (Å²) in [7, 11) is 0. The van der Waals surface area contributed by atoms with Crippen molar-refractivity contribution >= 4 is 23.1 Å². The van der Waals surface area contributed by atoms with Crippen LogP contribution in [0.25, 0.3) is 11.3 Å². The van der Waals surface area contributed by atoms with Gasteiger partial charge in [-0.25, -0.2) is 0 Å². The zero-order valence-corrected chi connectivity index (χ0v) is 14.5. The normalized spacial score (nSPS) is 11.5. The number of carbonyl (C=O) groups excluding carboxylic acids is 1. The molecule has 1 amide bonds. The monoisotopic (exact) mass is 342 g/mol. The van der Waals surface area contributed by atoms with E-state index in [0.29, 0.717) is 11.5 Å². The maximum Gasteiger partial charge on any atom is 0.232 e. The van der Waals surface area contributed by atoms with Gasteiger partial charge in [0, 0.05) is 10.9 Å². The Morgan fingerprint density at radius 1 is 1.25 bits per heavy atom. The van der Waals surface area contributed by atoms with Crippen molar-refractivity contribution in [1.29, 1.82) is 0 Å². The zero-order chi connectivity index (χ0) is 17.2. The Balaban J connectivity index is 1.70. The first-order valence-corrected chi connectivity index (χ1v) is 8.36. The third kappa shape index (κ3) is 3.65. The second kappa shape index (κ2) is 6.48. The quantitative estimate of drug-likeness (QED) is 0.788. The third-order valence-electron chi connectivity index (χ3n) is 3.26. The molecular formula is C16H18N6OS. The molecule has 124 valence electrons. The van der Waals surface area contributed by atoms with Crippen LogP contribution in [0.3, 0.4) is 0 Å². The van der Waals surface area contributed by atoms with Crippen LogP contribution in [0.2, 0.25) is 0 Å². The van der Waals surface area contributed by atoms with Crippen LogP contribution in [0.5, 0.6) is 0 Å². The number of tetrazole rings is 1. The van der Waals surface area contributed by atoms with Gasteiger partial charge in [0.05, 0.1) is 17.6 Å². The summed E-state index contributed by atoms with van der Waals surface area (Å²) >= 11 is 1.30. The van der Waals surface area contributed by atoms with E-state index >= 15 is 0 Å². The number of carbonyl (C=O) groups is 1. The molecule has 0 saturated carbocycles. The van der Waals surface area contributed by atoms with E-state index in [1.807, 2.05) is 56.5 Å². The van der Waals surface area contributed by atoms with Crippen LogP contribution in [0.15, 0.2) is 35.7 Å². The summed E-state index contributed by atoms with van der Waals surface area (Å²) in [5.74, 6) is 0.202. The number of hydrogen-bond donors (Lipinski definition) is 1. The van der Waals surface area contributed by atoms with Gasteiger partial charge in [-0.05, 0) is 37.5 Å². The second-order valence-electron chi connectivity index (χ2n) is 6.33. The molecule has 0 spiro atoms. The molecule has 0 aliphatic rings. The van der Waals surface area contributed by atoms with Gasteiger partial charge >= 0.3 is 0 Å². The van der Waals surface area contributed by atoms with Crippen LogP contribution in [-0.2, 0) is 16.8 Å². The van der Waals surface area contributed by atoms with Crippen LogP contribution >= 0.6 is 11.5 Å². The fourth-order valence-corrected chi connectivity index (χ4v) is 2.70. The smallest absolute Gasteiger partial charge is 0.232 e. The first-order valence-electron chi connectivity index (χ1n) is 7.52. The van der Waals surface area contributed by atoms with Crippen molar-refractivity contribution < 1.29 is 4.79 Å². The molecule has 0 aliphatic carbocycles. The van der Waals surface area contributed by atoms with E-state index in [4.69, 9.17) is 0 Å². The highest BCUT2D eigenvalue weighted by molar-refractivity contribution is 7.04. The van der Waals surface area contributed by atoms with Crippen LogP contribution in [0.4, 0.5) is 5.69 Å². The Morgan fingerprint density at radius 2 is 2.00 bits per heavy atom. The molecule has 8 heteroatoms. The lowest BCUT2D eigenvalue weighted by atomic mass is 10.1. The Kier molecular flexibility index (Phi) is 4.39. The van der Waals surface area contributed by atoms with Gasteiger partial charge in [0.15, 0.2) is 5.82 Å². The molecule has 2 heterocycles. The SMILES string of the molecule is CC(C)(C)n1nnc(CC(=O)Nc2csnc2-c2ccccc2)n1. The van der Waals surface area contributed by atoms with Crippen molar-refractivity contribution in [2.75, 3.05) is 5.32 Å². The van der Waals surface area contributed by atoms with Gasteiger partial charge in [-0.15, -0.1) is 10.2 Å². The maximum atomic E-state index is 12.3. The summed E-state index contributed by atoms with van der Waals surface area (Å²) in [5.41, 5.74) is 2.16. The average Bonchev–Trinajstić information content (AvgIpc) is 3.17. The predicted molar refractivity (Wildman–Crippen MR) is 92.7 cm³/mol. The van der Waals surface area contributed by atoms with Gasteiger partial charge in [-0.3, -0.25) is 4.79 Å². The summed E-state index contributed by atoms with van der Waals surface area (Å²) in [6, 6.07) is 9.74. The van der Waals surface area contributed by atoms with E-state index in [1.54, 1.807) is 0 Å². The number of nitrogens with zero attached hydrogens (tertiary/aromatic N) is 5. The number of benzene rings is 1. The maximum absolute atomic E-state index is 12.3. The Labute approximate surface area is 143 Å². The first-order chi connectivity index (χ1) is 11.4. The minimum absolute atomic E-state index is 0.0696. The molecule has 3 aromatic rings. The lowest BCUT2D eigenvalue weighted by molar-refractivity contribution is -0.115. The summed E-state index contributed by atoms with van der Waals surface area (Å²) in [6.45, 7) is 5.92. The molecule has 24 heavy (non-hydrogen) atoms. The number of anilines is 1. The Hall–Kier alpha value is -2.61. The molecule has 1 aromatic carbocycles. The van der Waals surface area contributed by atoms with Crippen molar-refractivity contribution in [2.45, 2.75) is 32.7 Å². The van der Waals surface area contributed by atoms with Crippen molar-refractivity contribution in [3.63, 3.8) is 0 Å². The molecule has 1 N–H and O–H groups in total. The summed E-state index contributed by atoms with van der Waals surface area (Å²) in [6.07, 6.45) is 0.0696. The largest absolute Gasteiger partial charge is 0.323 e. The first kappa shape index (κ1) is 16.3. The highest BCUT2D eigenvalue weighted by Crippen LogP contribution is 2.28. The lowest BCUT2D eigenvalue weighted by Gasteiger charge is -2.15. The molecule has 0 unspecified atom stereocenters. The molecule has 0 bridgehead atoms. The van der Waals surface area contributed by atoms with Gasteiger partial charge in [0.1, 0.15) is 5.69 Å². The van der Waals surface area contributed by atoms with Gasteiger partial charge in [-0.2, -0.15) is 9.17 Å². The van der Waals surface area contributed by atoms with Crippen LogP contribution in [-0.4, -0.2) is 30.5 Å². The average molecular weight is 342 g/mol. The Bertz CT molecular complexity index is 834. The number of nitrogens with one attached hydrogen (secondary N) is 1. The number of hydrogen-bond acceptors (Lipinski definition) is 6. The molecule has 0 aliphatic heterocycles. The van der Waals surface area contributed by atoms with Crippen molar-refractivity contribution in [3.8, 4) is 11.3 Å². The van der Waals surface area contributed by atoms with Crippen LogP contribution in [0.1, 0.15) is 26.6 Å². The zero-order valence-electron chi connectivity index (χ0n) is 13.7. The summed E-state index contributed by atoms with van der Waals surface area (Å²) in [4.78, 5) is 13.8. The third-order valence-corrected chi connectivity index (χ3v) is 3.89. The fraction of sp³-hybridized carbons (Fsp3) is 0.312. The topological polar surface area (TPSA) is 85.6 Å². The van der Waals surface area contributed by atoms with Crippen molar-refractivity contribution in [3.05, 3.63) is 41.5 Å². The molecule has 2 aromatic heterocycles. The fourth-order valence-electron chi connectivity index (χ4n) is 2.07. The van der Waals surface area contributed by atoms with Gasteiger partial charge in [-0.1, -0.05) is 30.3 Å².